The van der Waals surface area contributed by atoms with Gasteiger partial charge in [-0.15, -0.1) is 0 Å². The number of aromatic nitrogens is 1. The Balaban J connectivity index is 2.01. The van der Waals surface area contributed by atoms with Gasteiger partial charge >= 0.3 is 0 Å². The van der Waals surface area contributed by atoms with E-state index >= 15 is 0 Å². The number of nitrogens with zero attached hydrogens (tertiary/aromatic N) is 1. The van der Waals surface area contributed by atoms with Crippen molar-refractivity contribution in [2.24, 2.45) is 7.05 Å². The van der Waals surface area contributed by atoms with Gasteiger partial charge in [0.25, 0.3) is 5.56 Å². The van der Waals surface area contributed by atoms with Gasteiger partial charge in [-0.3, -0.25) is 4.79 Å². The van der Waals surface area contributed by atoms with Crippen molar-refractivity contribution in [1.82, 2.24) is 4.57 Å². The summed E-state index contributed by atoms with van der Waals surface area (Å²) in [6.07, 6.45) is 5.82. The number of nitrogens with one attached hydrogen (secondary N) is 1. The van der Waals surface area contributed by atoms with Crippen LogP contribution in [0.1, 0.15) is 18.4 Å². The molecule has 6 heteroatoms. The molecule has 134 valence electrons. The van der Waals surface area contributed by atoms with Gasteiger partial charge in [0.05, 0.1) is 13.2 Å². The number of benzene rings is 1. The molecule has 0 spiro atoms. The van der Waals surface area contributed by atoms with Crippen molar-refractivity contribution in [3.63, 3.8) is 0 Å². The van der Waals surface area contributed by atoms with Gasteiger partial charge in [-0.05, 0) is 31.2 Å². The predicted octanol–water partition coefficient (Wildman–Crippen LogP) is 3.61. The molecule has 1 aromatic heterocycles. The maximum atomic E-state index is 12.0. The van der Waals surface area contributed by atoms with Crippen LogP contribution in [0.2, 0.25) is 0 Å². The first-order valence-electron chi connectivity index (χ1n) is 8.43. The van der Waals surface area contributed by atoms with Crippen molar-refractivity contribution < 1.29 is 9.47 Å². The van der Waals surface area contributed by atoms with Crippen molar-refractivity contribution in [1.29, 1.82) is 0 Å². The molecular weight excluding hydrogens is 336 g/mol. The normalized spacial score (nSPS) is 15.2. The molecule has 0 amide bonds. The average molecular weight is 360 g/mol. The second-order valence-corrected chi connectivity index (χ2v) is 6.89. The Morgan fingerprint density at radius 1 is 1.28 bits per heavy atom. The molecule has 1 aromatic carbocycles. The zero-order chi connectivity index (χ0) is 17.8. The fourth-order valence-electron chi connectivity index (χ4n) is 3.04. The summed E-state index contributed by atoms with van der Waals surface area (Å²) in [4.78, 5) is 12.0. The van der Waals surface area contributed by atoms with Crippen LogP contribution in [0, 0.1) is 6.92 Å². The molecule has 0 bridgehead atoms. The maximum Gasteiger partial charge on any atom is 0.253 e. The van der Waals surface area contributed by atoms with Gasteiger partial charge in [-0.1, -0.05) is 11.9 Å². The minimum absolute atomic E-state index is 0.0223. The third kappa shape index (κ3) is 4.19. The molecular formula is C19H24N2O3S. The highest BCUT2D eigenvalue weighted by molar-refractivity contribution is 7.99. The van der Waals surface area contributed by atoms with Crippen LogP contribution in [-0.4, -0.2) is 30.1 Å². The van der Waals surface area contributed by atoms with Gasteiger partial charge in [-0.2, -0.15) is 0 Å². The lowest BCUT2D eigenvalue weighted by Crippen LogP contribution is -2.26. The van der Waals surface area contributed by atoms with E-state index in [0.717, 1.165) is 54.2 Å². The molecule has 1 saturated heterocycles. The van der Waals surface area contributed by atoms with Gasteiger partial charge < -0.3 is 18.8 Å². The van der Waals surface area contributed by atoms with Gasteiger partial charge in [0, 0.05) is 54.7 Å². The van der Waals surface area contributed by atoms with E-state index in [1.807, 2.05) is 37.6 Å². The predicted molar refractivity (Wildman–Crippen MR) is 103 cm³/mol. The van der Waals surface area contributed by atoms with Crippen LogP contribution in [0.4, 0.5) is 5.69 Å². The molecule has 1 aliphatic heterocycles. The monoisotopic (exact) mass is 360 g/mol. The van der Waals surface area contributed by atoms with Crippen LogP contribution in [0.25, 0.3) is 11.1 Å². The van der Waals surface area contributed by atoms with Gasteiger partial charge in [0.15, 0.2) is 0 Å². The van der Waals surface area contributed by atoms with E-state index in [9.17, 15) is 4.79 Å². The number of ether oxygens (including phenoxy) is 2. The molecule has 2 aromatic rings. The molecule has 0 saturated carbocycles. The number of hydrogen-bond acceptors (Lipinski definition) is 5. The Bertz CT molecular complexity index is 771. The summed E-state index contributed by atoms with van der Waals surface area (Å²) in [6.45, 7) is 3.32. The van der Waals surface area contributed by atoms with E-state index in [2.05, 4.69) is 10.8 Å². The zero-order valence-corrected chi connectivity index (χ0v) is 15.7. The van der Waals surface area contributed by atoms with Gasteiger partial charge in [0.1, 0.15) is 11.9 Å². The molecule has 0 aliphatic carbocycles. The van der Waals surface area contributed by atoms with E-state index in [0.29, 0.717) is 0 Å². The van der Waals surface area contributed by atoms with Crippen molar-refractivity contribution in [3.05, 3.63) is 46.4 Å². The lowest BCUT2D eigenvalue weighted by atomic mass is 10.0. The number of anilines is 1. The van der Waals surface area contributed by atoms with Crippen LogP contribution < -0.4 is 15.0 Å². The molecule has 1 fully saturated rings. The molecule has 1 aliphatic rings. The highest BCUT2D eigenvalue weighted by Gasteiger charge is 2.18. The maximum absolute atomic E-state index is 12.0. The summed E-state index contributed by atoms with van der Waals surface area (Å²) in [6, 6.07) is 8.02. The zero-order valence-electron chi connectivity index (χ0n) is 14.9. The van der Waals surface area contributed by atoms with Gasteiger partial charge in [0.2, 0.25) is 0 Å². The van der Waals surface area contributed by atoms with E-state index in [4.69, 9.17) is 9.47 Å². The Kier molecular flexibility index (Phi) is 5.71. The summed E-state index contributed by atoms with van der Waals surface area (Å²) in [5, 5.41) is 0. The Labute approximate surface area is 152 Å². The molecule has 2 heterocycles. The third-order valence-corrected chi connectivity index (χ3v) is 4.77. The van der Waals surface area contributed by atoms with E-state index in [1.165, 1.54) is 0 Å². The summed E-state index contributed by atoms with van der Waals surface area (Å²) in [5.74, 6) is 0.844. The van der Waals surface area contributed by atoms with Crippen LogP contribution in [-0.2, 0) is 11.8 Å². The van der Waals surface area contributed by atoms with Crippen molar-refractivity contribution >= 4 is 17.6 Å². The SMILES string of the molecule is CSNc1ccc(OC2CCOCC2)c(-c2cc(C)c(=O)n(C)c2)c1. The first-order chi connectivity index (χ1) is 12.1. The molecule has 25 heavy (non-hydrogen) atoms. The first kappa shape index (κ1) is 17.9. The number of hydrogen-bond donors (Lipinski definition) is 1. The Morgan fingerprint density at radius 3 is 2.72 bits per heavy atom. The van der Waals surface area contributed by atoms with Crippen molar-refractivity contribution in [2.75, 3.05) is 24.2 Å². The Hall–Kier alpha value is -1.92. The summed E-state index contributed by atoms with van der Waals surface area (Å²) >= 11 is 1.55. The van der Waals surface area contributed by atoms with Crippen molar-refractivity contribution in [3.8, 4) is 16.9 Å². The van der Waals surface area contributed by atoms with Crippen LogP contribution >= 0.6 is 11.9 Å². The summed E-state index contributed by atoms with van der Waals surface area (Å²) in [7, 11) is 1.78. The molecule has 0 atom stereocenters. The highest BCUT2D eigenvalue weighted by Crippen LogP contribution is 2.34. The van der Waals surface area contributed by atoms with E-state index < -0.39 is 0 Å². The number of pyridine rings is 1. The fraction of sp³-hybridized carbons (Fsp3) is 0.421. The highest BCUT2D eigenvalue weighted by atomic mass is 32.2. The quantitative estimate of drug-likeness (QED) is 0.826. The smallest absolute Gasteiger partial charge is 0.253 e. The second-order valence-electron chi connectivity index (χ2n) is 6.27. The summed E-state index contributed by atoms with van der Waals surface area (Å²) < 4.78 is 16.6. The topological polar surface area (TPSA) is 52.5 Å². The molecule has 0 radical (unpaired) electrons. The average Bonchev–Trinajstić information content (AvgIpc) is 2.61. The standard InChI is InChI=1S/C19H24N2O3S/c1-13-10-14(12-21(2)19(13)22)17-11-15(20-25-3)4-5-18(17)24-16-6-8-23-9-7-16/h4-5,10-12,16,20H,6-9H2,1-3H3. The largest absolute Gasteiger partial charge is 0.490 e. The van der Waals surface area contributed by atoms with E-state index in [1.54, 1.807) is 23.6 Å². The first-order valence-corrected chi connectivity index (χ1v) is 9.66. The second kappa shape index (κ2) is 7.97. The minimum atomic E-state index is 0.0223. The van der Waals surface area contributed by atoms with Crippen LogP contribution in [0.5, 0.6) is 5.75 Å². The van der Waals surface area contributed by atoms with Crippen molar-refractivity contribution in [2.45, 2.75) is 25.9 Å². The van der Waals surface area contributed by atoms with E-state index in [-0.39, 0.29) is 11.7 Å². The number of aryl methyl sites for hydroxylation is 2. The number of rotatable bonds is 5. The van der Waals surface area contributed by atoms with Crippen LogP contribution in [0.15, 0.2) is 35.3 Å². The van der Waals surface area contributed by atoms with Gasteiger partial charge in [-0.25, -0.2) is 0 Å². The Morgan fingerprint density at radius 2 is 2.04 bits per heavy atom. The lowest BCUT2D eigenvalue weighted by Gasteiger charge is -2.25. The lowest BCUT2D eigenvalue weighted by molar-refractivity contribution is 0.0258. The molecule has 5 nitrogen and oxygen atoms in total. The molecule has 0 unspecified atom stereocenters. The minimum Gasteiger partial charge on any atom is -0.490 e. The molecule has 1 N–H and O–H groups in total. The summed E-state index contributed by atoms with van der Waals surface area (Å²) in [5.41, 5.74) is 3.72. The third-order valence-electron chi connectivity index (χ3n) is 4.33. The molecule has 3 rings (SSSR count). The van der Waals surface area contributed by atoms with Crippen LogP contribution in [0.3, 0.4) is 0 Å². The fourth-order valence-corrected chi connectivity index (χ4v) is 3.40.